The first-order valence-corrected chi connectivity index (χ1v) is 10.3. The molecule has 0 atom stereocenters. The molecule has 3 aromatic rings. The van der Waals surface area contributed by atoms with E-state index in [1.807, 2.05) is 30.3 Å². The van der Waals surface area contributed by atoms with Crippen LogP contribution in [0, 0.1) is 0 Å². The highest BCUT2D eigenvalue weighted by Gasteiger charge is 2.22. The molecule has 7 heteroatoms. The minimum absolute atomic E-state index is 0.221. The van der Waals surface area contributed by atoms with Gasteiger partial charge >= 0.3 is 0 Å². The number of hydrogen-bond acceptors (Lipinski definition) is 6. The summed E-state index contributed by atoms with van der Waals surface area (Å²) in [5.74, 6) is 1.77. The van der Waals surface area contributed by atoms with Gasteiger partial charge in [0.1, 0.15) is 5.58 Å². The van der Waals surface area contributed by atoms with Gasteiger partial charge < -0.3 is 4.42 Å². The van der Waals surface area contributed by atoms with Crippen molar-refractivity contribution in [2.45, 2.75) is 9.96 Å². The Balaban J connectivity index is 1.65. The Hall–Kier alpha value is -1.70. The molecular weight excluding hydrogens is 360 g/mol. The molecule has 1 aromatic carbocycles. The van der Waals surface area contributed by atoms with E-state index in [1.54, 1.807) is 34.9 Å². The molecule has 2 aromatic heterocycles. The first kappa shape index (κ1) is 15.8. The summed E-state index contributed by atoms with van der Waals surface area (Å²) in [7, 11) is 0. The largest absolute Gasteiger partial charge is 0.451 e. The van der Waals surface area contributed by atoms with Crippen molar-refractivity contribution in [3.8, 4) is 0 Å². The zero-order chi connectivity index (χ0) is 16.4. The van der Waals surface area contributed by atoms with E-state index in [-0.39, 0.29) is 5.91 Å². The number of rotatable bonds is 4. The van der Waals surface area contributed by atoms with E-state index in [4.69, 9.17) is 4.42 Å². The number of thiophene rings is 1. The van der Waals surface area contributed by atoms with Crippen LogP contribution in [0.15, 0.2) is 55.4 Å². The first-order chi connectivity index (χ1) is 11.8. The molecule has 0 radical (unpaired) electrons. The van der Waals surface area contributed by atoms with Crippen molar-refractivity contribution < 1.29 is 9.21 Å². The Morgan fingerprint density at radius 1 is 1.29 bits per heavy atom. The second-order valence-electron chi connectivity index (χ2n) is 5.12. The SMILES string of the molecule is O=C(NC1=NCCS1)c1oc2ccccc2c1CSc1cccs1. The van der Waals surface area contributed by atoms with E-state index in [1.165, 1.54) is 4.21 Å². The predicted molar refractivity (Wildman–Crippen MR) is 102 cm³/mol. The molecule has 1 aliphatic heterocycles. The van der Waals surface area contributed by atoms with Gasteiger partial charge in [-0.05, 0) is 17.5 Å². The Kier molecular flexibility index (Phi) is 4.64. The van der Waals surface area contributed by atoms with Crippen molar-refractivity contribution in [2.75, 3.05) is 12.3 Å². The Morgan fingerprint density at radius 3 is 3.00 bits per heavy atom. The lowest BCUT2D eigenvalue weighted by atomic mass is 10.1. The molecular formula is C17H14N2O2S3. The number of nitrogens with one attached hydrogen (secondary N) is 1. The predicted octanol–water partition coefficient (Wildman–Crippen LogP) is 4.62. The Morgan fingerprint density at radius 2 is 2.21 bits per heavy atom. The maximum absolute atomic E-state index is 12.6. The van der Waals surface area contributed by atoms with Crippen LogP contribution in [0.25, 0.3) is 11.0 Å². The molecule has 122 valence electrons. The summed E-state index contributed by atoms with van der Waals surface area (Å²) >= 11 is 4.98. The molecule has 0 saturated heterocycles. The van der Waals surface area contributed by atoms with Crippen LogP contribution in [0.1, 0.15) is 16.1 Å². The van der Waals surface area contributed by atoms with E-state index in [0.29, 0.717) is 16.7 Å². The number of aliphatic imine (C=N–C) groups is 1. The fourth-order valence-corrected chi connectivity index (χ4v) is 5.01. The van der Waals surface area contributed by atoms with Gasteiger partial charge in [0.05, 0.1) is 10.8 Å². The van der Waals surface area contributed by atoms with Crippen molar-refractivity contribution in [2.24, 2.45) is 4.99 Å². The molecule has 0 aliphatic carbocycles. The van der Waals surface area contributed by atoms with Gasteiger partial charge in [-0.15, -0.1) is 23.1 Å². The second kappa shape index (κ2) is 7.04. The van der Waals surface area contributed by atoms with Crippen molar-refractivity contribution in [3.05, 3.63) is 53.1 Å². The van der Waals surface area contributed by atoms with Gasteiger partial charge in [-0.2, -0.15) is 0 Å². The summed E-state index contributed by atoms with van der Waals surface area (Å²) in [6.07, 6.45) is 0. The van der Waals surface area contributed by atoms with Crippen LogP contribution >= 0.6 is 34.9 Å². The molecule has 24 heavy (non-hydrogen) atoms. The molecule has 1 amide bonds. The lowest BCUT2D eigenvalue weighted by Crippen LogP contribution is -2.27. The number of benzene rings is 1. The van der Waals surface area contributed by atoms with Crippen LogP contribution in [-0.4, -0.2) is 23.4 Å². The lowest BCUT2D eigenvalue weighted by molar-refractivity contribution is 0.0952. The van der Waals surface area contributed by atoms with E-state index < -0.39 is 0 Å². The monoisotopic (exact) mass is 374 g/mol. The average Bonchev–Trinajstić information content (AvgIpc) is 3.33. The van der Waals surface area contributed by atoms with Gasteiger partial charge in [-0.1, -0.05) is 36.0 Å². The third-order valence-electron chi connectivity index (χ3n) is 3.56. The number of amides is 1. The molecule has 4 rings (SSSR count). The number of nitrogens with zero attached hydrogens (tertiary/aromatic N) is 1. The maximum Gasteiger partial charge on any atom is 0.293 e. The normalized spacial score (nSPS) is 14.1. The standard InChI is InChI=1S/C17H14N2O2S3/c20-16(19-17-18-7-9-23-17)15-12(10-24-14-6-3-8-22-14)11-4-1-2-5-13(11)21-15/h1-6,8H,7,9-10H2,(H,18,19,20). The molecule has 3 heterocycles. The third kappa shape index (κ3) is 3.24. The molecule has 0 fully saturated rings. The zero-order valence-corrected chi connectivity index (χ0v) is 15.1. The molecule has 1 N–H and O–H groups in total. The summed E-state index contributed by atoms with van der Waals surface area (Å²) in [5.41, 5.74) is 1.68. The van der Waals surface area contributed by atoms with Gasteiger partial charge in [0.2, 0.25) is 0 Å². The number of fused-ring (bicyclic) bond motifs is 1. The minimum Gasteiger partial charge on any atom is -0.451 e. The number of carbonyl (C=O) groups excluding carboxylic acids is 1. The molecule has 0 saturated carbocycles. The number of carbonyl (C=O) groups is 1. The van der Waals surface area contributed by atoms with Crippen LogP contribution in [0.5, 0.6) is 0 Å². The molecule has 0 unspecified atom stereocenters. The van der Waals surface area contributed by atoms with Crippen molar-refractivity contribution in [1.29, 1.82) is 0 Å². The number of hydrogen-bond donors (Lipinski definition) is 1. The highest BCUT2D eigenvalue weighted by molar-refractivity contribution is 8.14. The van der Waals surface area contributed by atoms with Crippen LogP contribution in [-0.2, 0) is 5.75 Å². The fourth-order valence-electron chi connectivity index (χ4n) is 2.48. The zero-order valence-electron chi connectivity index (χ0n) is 12.7. The quantitative estimate of drug-likeness (QED) is 0.677. The van der Waals surface area contributed by atoms with E-state index in [0.717, 1.165) is 28.8 Å². The van der Waals surface area contributed by atoms with Crippen LogP contribution in [0.3, 0.4) is 0 Å². The maximum atomic E-state index is 12.6. The number of thioether (sulfide) groups is 2. The lowest BCUT2D eigenvalue weighted by Gasteiger charge is -2.04. The van der Waals surface area contributed by atoms with Gasteiger partial charge in [0.25, 0.3) is 5.91 Å². The third-order valence-corrected chi connectivity index (χ3v) is 6.61. The molecule has 4 nitrogen and oxygen atoms in total. The molecule has 0 spiro atoms. The summed E-state index contributed by atoms with van der Waals surface area (Å²) in [4.78, 5) is 16.9. The van der Waals surface area contributed by atoms with E-state index >= 15 is 0 Å². The minimum atomic E-state index is -0.221. The second-order valence-corrected chi connectivity index (χ2v) is 8.42. The van der Waals surface area contributed by atoms with Crippen molar-refractivity contribution >= 4 is 56.9 Å². The highest BCUT2D eigenvalue weighted by atomic mass is 32.2. The topological polar surface area (TPSA) is 54.6 Å². The fraction of sp³-hybridized carbons (Fsp3) is 0.176. The Bertz CT molecular complexity index is 900. The molecule has 1 aliphatic rings. The van der Waals surface area contributed by atoms with Crippen LogP contribution < -0.4 is 5.32 Å². The number of para-hydroxylation sites is 1. The Labute approximate surface area is 151 Å². The first-order valence-electron chi connectivity index (χ1n) is 7.46. The van der Waals surface area contributed by atoms with Crippen LogP contribution in [0.4, 0.5) is 0 Å². The van der Waals surface area contributed by atoms with Gasteiger partial charge in [0.15, 0.2) is 10.9 Å². The summed E-state index contributed by atoms with van der Waals surface area (Å²) < 4.78 is 7.08. The number of furan rings is 1. The number of amidine groups is 1. The molecule has 0 bridgehead atoms. The van der Waals surface area contributed by atoms with Crippen LogP contribution in [0.2, 0.25) is 0 Å². The van der Waals surface area contributed by atoms with Crippen molar-refractivity contribution in [1.82, 2.24) is 5.32 Å². The summed E-state index contributed by atoms with van der Waals surface area (Å²) in [6, 6.07) is 11.9. The van der Waals surface area contributed by atoms with Gasteiger partial charge in [0, 0.05) is 22.5 Å². The smallest absolute Gasteiger partial charge is 0.293 e. The van der Waals surface area contributed by atoms with Gasteiger partial charge in [-0.3, -0.25) is 15.1 Å². The average molecular weight is 375 g/mol. The highest BCUT2D eigenvalue weighted by Crippen LogP contribution is 2.33. The summed E-state index contributed by atoms with van der Waals surface area (Å²) in [6.45, 7) is 0.751. The van der Waals surface area contributed by atoms with E-state index in [9.17, 15) is 4.79 Å². The van der Waals surface area contributed by atoms with E-state index in [2.05, 4.69) is 21.8 Å². The summed E-state index contributed by atoms with van der Waals surface area (Å²) in [5, 5.41) is 6.59. The van der Waals surface area contributed by atoms with Crippen molar-refractivity contribution in [3.63, 3.8) is 0 Å². The van der Waals surface area contributed by atoms with Gasteiger partial charge in [-0.25, -0.2) is 0 Å².